The Hall–Kier alpha value is -1.83. The molecule has 0 amide bonds. The predicted octanol–water partition coefficient (Wildman–Crippen LogP) is 3.93. The molecule has 0 N–H and O–H groups in total. The summed E-state index contributed by atoms with van der Waals surface area (Å²) in [4.78, 5) is 7.51. The number of alkyl halides is 3. The van der Waals surface area contributed by atoms with Gasteiger partial charge in [0.15, 0.2) is 11.5 Å². The van der Waals surface area contributed by atoms with E-state index in [0.717, 1.165) is 6.07 Å². The van der Waals surface area contributed by atoms with Gasteiger partial charge in [-0.25, -0.2) is 9.97 Å². The van der Waals surface area contributed by atoms with E-state index in [2.05, 4.69) is 30.6 Å². The zero-order valence-electron chi connectivity index (χ0n) is 9.19. The summed E-state index contributed by atoms with van der Waals surface area (Å²) in [5.74, 6) is -0.451. The fourth-order valence-electron chi connectivity index (χ4n) is 1.22. The number of para-hydroxylation sites is 2. The van der Waals surface area contributed by atoms with Crippen LogP contribution in [0.3, 0.4) is 0 Å². The lowest BCUT2D eigenvalue weighted by molar-refractivity contribution is -0.275. The highest BCUT2D eigenvalue weighted by Crippen LogP contribution is 2.35. The summed E-state index contributed by atoms with van der Waals surface area (Å²) in [7, 11) is 0. The molecule has 0 unspecified atom stereocenters. The van der Waals surface area contributed by atoms with Crippen LogP contribution in [0.15, 0.2) is 41.3 Å². The van der Waals surface area contributed by atoms with Gasteiger partial charge >= 0.3 is 6.36 Å². The van der Waals surface area contributed by atoms with E-state index < -0.39 is 12.1 Å². The fourth-order valence-corrected chi connectivity index (χ4v) is 1.53. The molecule has 1 aromatic heterocycles. The van der Waals surface area contributed by atoms with E-state index >= 15 is 0 Å². The Morgan fingerprint density at radius 3 is 2.42 bits per heavy atom. The Kier molecular flexibility index (Phi) is 3.89. The maximum Gasteiger partial charge on any atom is 0.573 e. The summed E-state index contributed by atoms with van der Waals surface area (Å²) in [6.45, 7) is 0. The number of halogens is 4. The van der Waals surface area contributed by atoms with E-state index in [9.17, 15) is 13.2 Å². The molecule has 0 bridgehead atoms. The molecule has 2 aromatic rings. The van der Waals surface area contributed by atoms with Crippen molar-refractivity contribution in [3.8, 4) is 17.4 Å². The molecule has 1 heterocycles. The van der Waals surface area contributed by atoms with Crippen molar-refractivity contribution in [2.75, 3.05) is 0 Å². The van der Waals surface area contributed by atoms with E-state index in [0.29, 0.717) is 4.47 Å². The van der Waals surface area contributed by atoms with Crippen molar-refractivity contribution in [1.82, 2.24) is 9.97 Å². The number of hydrogen-bond acceptors (Lipinski definition) is 4. The molecule has 19 heavy (non-hydrogen) atoms. The summed E-state index contributed by atoms with van der Waals surface area (Å²) < 4.78 is 46.2. The summed E-state index contributed by atoms with van der Waals surface area (Å²) in [5, 5.41) is 0. The lowest BCUT2D eigenvalue weighted by Crippen LogP contribution is -2.17. The zero-order valence-corrected chi connectivity index (χ0v) is 10.8. The number of hydrogen-bond donors (Lipinski definition) is 0. The molecular formula is C11H6BrF3N2O2. The van der Waals surface area contributed by atoms with Crippen molar-refractivity contribution in [1.29, 1.82) is 0 Å². The second-order valence-corrected chi connectivity index (χ2v) is 4.13. The van der Waals surface area contributed by atoms with Gasteiger partial charge in [0.2, 0.25) is 5.88 Å². The number of aromatic nitrogens is 2. The highest BCUT2D eigenvalue weighted by molar-refractivity contribution is 9.10. The quantitative estimate of drug-likeness (QED) is 0.853. The molecule has 0 aliphatic rings. The van der Waals surface area contributed by atoms with Gasteiger partial charge < -0.3 is 9.47 Å². The van der Waals surface area contributed by atoms with E-state index in [-0.39, 0.29) is 11.6 Å². The zero-order chi connectivity index (χ0) is 13.9. The molecule has 0 saturated carbocycles. The Morgan fingerprint density at radius 2 is 1.79 bits per heavy atom. The molecule has 4 nitrogen and oxygen atoms in total. The van der Waals surface area contributed by atoms with Crippen LogP contribution >= 0.6 is 15.9 Å². The highest BCUT2D eigenvalue weighted by atomic mass is 79.9. The number of benzene rings is 1. The summed E-state index contributed by atoms with van der Waals surface area (Å²) in [6.07, 6.45) is -2.16. The number of nitrogens with zero attached hydrogens (tertiary/aromatic N) is 2. The minimum Gasteiger partial charge on any atom is -0.434 e. The second-order valence-electron chi connectivity index (χ2n) is 3.27. The van der Waals surface area contributed by atoms with Crippen LogP contribution in [-0.4, -0.2) is 16.3 Å². The van der Waals surface area contributed by atoms with Gasteiger partial charge in [-0.15, -0.1) is 13.2 Å². The normalized spacial score (nSPS) is 11.2. The Labute approximate surface area is 114 Å². The third kappa shape index (κ3) is 3.82. The smallest absolute Gasteiger partial charge is 0.434 e. The van der Waals surface area contributed by atoms with Gasteiger partial charge in [0.05, 0.1) is 4.47 Å². The van der Waals surface area contributed by atoms with E-state index in [4.69, 9.17) is 4.74 Å². The number of ether oxygens (including phenoxy) is 2. The van der Waals surface area contributed by atoms with E-state index in [1.807, 2.05) is 0 Å². The van der Waals surface area contributed by atoms with Crippen molar-refractivity contribution in [3.63, 3.8) is 0 Å². The van der Waals surface area contributed by atoms with Crippen LogP contribution in [0, 0.1) is 0 Å². The lowest BCUT2D eigenvalue weighted by Gasteiger charge is -2.13. The summed E-state index contributed by atoms with van der Waals surface area (Å²) in [6, 6.07) is 5.42. The maximum atomic E-state index is 12.2. The Morgan fingerprint density at radius 1 is 1.11 bits per heavy atom. The minimum absolute atomic E-state index is 0.0909. The average molecular weight is 335 g/mol. The molecule has 100 valence electrons. The van der Waals surface area contributed by atoms with Crippen LogP contribution in [0.1, 0.15) is 0 Å². The van der Waals surface area contributed by atoms with E-state index in [1.54, 1.807) is 0 Å². The van der Waals surface area contributed by atoms with Gasteiger partial charge in [-0.3, -0.25) is 0 Å². The molecule has 0 aliphatic carbocycles. The molecule has 0 fully saturated rings. The molecule has 0 saturated heterocycles. The van der Waals surface area contributed by atoms with Crippen LogP contribution in [0.25, 0.3) is 0 Å². The van der Waals surface area contributed by atoms with Gasteiger partial charge in [0, 0.05) is 6.20 Å². The standard InChI is InChI=1S/C11H6BrF3N2O2/c12-7-5-16-6-17-10(7)18-8-3-1-2-4-9(8)19-11(13,14)15/h1-6H. The van der Waals surface area contributed by atoms with Crippen LogP contribution < -0.4 is 9.47 Å². The van der Waals surface area contributed by atoms with Gasteiger partial charge in [0.1, 0.15) is 6.33 Å². The molecular weight excluding hydrogens is 329 g/mol. The molecule has 8 heteroatoms. The molecule has 0 aliphatic heterocycles. The van der Waals surface area contributed by atoms with Crippen LogP contribution in [0.4, 0.5) is 13.2 Å². The summed E-state index contributed by atoms with van der Waals surface area (Å²) in [5.41, 5.74) is 0. The molecule has 0 atom stereocenters. The van der Waals surface area contributed by atoms with Gasteiger partial charge in [0.25, 0.3) is 0 Å². The van der Waals surface area contributed by atoms with Crippen LogP contribution in [-0.2, 0) is 0 Å². The molecule has 2 rings (SSSR count). The van der Waals surface area contributed by atoms with E-state index in [1.165, 1.54) is 30.7 Å². The highest BCUT2D eigenvalue weighted by Gasteiger charge is 2.32. The minimum atomic E-state index is -4.79. The van der Waals surface area contributed by atoms with Crippen molar-refractivity contribution in [2.45, 2.75) is 6.36 Å². The largest absolute Gasteiger partial charge is 0.573 e. The van der Waals surface area contributed by atoms with Gasteiger partial charge in [-0.05, 0) is 28.1 Å². The molecule has 0 radical (unpaired) electrons. The maximum absolute atomic E-state index is 12.2. The Balaban J connectivity index is 2.28. The topological polar surface area (TPSA) is 44.2 Å². The third-order valence-electron chi connectivity index (χ3n) is 1.92. The lowest BCUT2D eigenvalue weighted by atomic mass is 10.3. The van der Waals surface area contributed by atoms with Gasteiger partial charge in [-0.1, -0.05) is 12.1 Å². The third-order valence-corrected chi connectivity index (χ3v) is 2.46. The second kappa shape index (κ2) is 5.43. The van der Waals surface area contributed by atoms with Gasteiger partial charge in [-0.2, -0.15) is 0 Å². The first-order chi connectivity index (χ1) is 8.96. The monoisotopic (exact) mass is 334 g/mol. The van der Waals surface area contributed by atoms with Crippen LogP contribution in [0.5, 0.6) is 17.4 Å². The predicted molar refractivity (Wildman–Crippen MR) is 62.9 cm³/mol. The van der Waals surface area contributed by atoms with Crippen molar-refractivity contribution >= 4 is 15.9 Å². The molecule has 1 aromatic carbocycles. The molecule has 0 spiro atoms. The van der Waals surface area contributed by atoms with Crippen molar-refractivity contribution in [2.24, 2.45) is 0 Å². The summed E-state index contributed by atoms with van der Waals surface area (Å²) >= 11 is 3.13. The average Bonchev–Trinajstić information content (AvgIpc) is 2.33. The van der Waals surface area contributed by atoms with Crippen molar-refractivity contribution in [3.05, 3.63) is 41.3 Å². The Bertz CT molecular complexity index is 578. The van der Waals surface area contributed by atoms with Crippen molar-refractivity contribution < 1.29 is 22.6 Å². The SMILES string of the molecule is FC(F)(F)Oc1ccccc1Oc1ncncc1Br. The van der Waals surface area contributed by atoms with Crippen LogP contribution in [0.2, 0.25) is 0 Å². The number of rotatable bonds is 3. The fraction of sp³-hybridized carbons (Fsp3) is 0.0909. The first-order valence-electron chi connectivity index (χ1n) is 4.94. The first kappa shape index (κ1) is 13.6. The first-order valence-corrected chi connectivity index (χ1v) is 5.73.